The normalized spacial score (nSPS) is 10.8. The summed E-state index contributed by atoms with van der Waals surface area (Å²) in [6, 6.07) is 12.0. The van der Waals surface area contributed by atoms with Gasteiger partial charge in [-0.3, -0.25) is 9.20 Å². The summed E-state index contributed by atoms with van der Waals surface area (Å²) in [7, 11) is -0.117. The molecule has 31 heavy (non-hydrogen) atoms. The van der Waals surface area contributed by atoms with Gasteiger partial charge in [-0.1, -0.05) is 30.3 Å². The number of hydrogen-bond donors (Lipinski definition) is 4. The summed E-state index contributed by atoms with van der Waals surface area (Å²) in [5, 5.41) is 21.7. The first-order chi connectivity index (χ1) is 15.0. The summed E-state index contributed by atoms with van der Waals surface area (Å²) in [4.78, 5) is 28.9. The smallest absolute Gasteiger partial charge is 0.467 e. The Hall–Kier alpha value is -4.03. The number of benzene rings is 1. The van der Waals surface area contributed by atoms with Crippen LogP contribution in [0.5, 0.6) is 6.01 Å². The highest BCUT2D eigenvalue weighted by Crippen LogP contribution is 2.23. The third-order valence-corrected chi connectivity index (χ3v) is 4.53. The molecule has 0 aliphatic heterocycles. The second-order valence-electron chi connectivity index (χ2n) is 6.57. The standard InChI is InChI=1S/C19H18BN7O4/c1-31-19-25-17(15-13-6-3-7-14(16(21)28)27(13)10-23-15)24-18(26-19)22-9-11-4-2-5-12(8-11)20(29)30/h2-8,10,29-30H,9H2,1H3,(H2,21,28)(H,22,24,25,26). The number of methoxy groups -OCH3 is 1. The van der Waals surface area contributed by atoms with Crippen LogP contribution in [0.3, 0.4) is 0 Å². The fraction of sp³-hybridized carbons (Fsp3) is 0.105. The number of nitrogens with one attached hydrogen (secondary N) is 1. The molecule has 3 heterocycles. The van der Waals surface area contributed by atoms with Crippen LogP contribution >= 0.6 is 0 Å². The fourth-order valence-corrected chi connectivity index (χ4v) is 3.07. The van der Waals surface area contributed by atoms with Crippen molar-refractivity contribution in [3.8, 4) is 17.5 Å². The molecular weight excluding hydrogens is 401 g/mol. The van der Waals surface area contributed by atoms with Gasteiger partial charge < -0.3 is 25.8 Å². The number of ether oxygens (including phenoxy) is 1. The van der Waals surface area contributed by atoms with Crippen molar-refractivity contribution in [3.05, 3.63) is 60.0 Å². The van der Waals surface area contributed by atoms with Gasteiger partial charge in [0.05, 0.1) is 12.6 Å². The molecule has 1 amide bonds. The third-order valence-electron chi connectivity index (χ3n) is 4.53. The first-order valence-corrected chi connectivity index (χ1v) is 9.21. The molecule has 3 aromatic heterocycles. The van der Waals surface area contributed by atoms with Crippen LogP contribution in [0, 0.1) is 0 Å². The minimum Gasteiger partial charge on any atom is -0.467 e. The summed E-state index contributed by atoms with van der Waals surface area (Å²) in [6.07, 6.45) is 1.47. The molecule has 0 bridgehead atoms. The van der Waals surface area contributed by atoms with Gasteiger partial charge in [0.2, 0.25) is 5.95 Å². The summed E-state index contributed by atoms with van der Waals surface area (Å²) in [5.74, 6) is -0.0950. The van der Waals surface area contributed by atoms with E-state index in [2.05, 4.69) is 25.3 Å². The number of fused-ring (bicyclic) bond motifs is 1. The molecular formula is C19H18BN7O4. The van der Waals surface area contributed by atoms with E-state index in [0.29, 0.717) is 23.2 Å². The van der Waals surface area contributed by atoms with Crippen molar-refractivity contribution in [1.82, 2.24) is 24.3 Å². The van der Waals surface area contributed by atoms with Gasteiger partial charge in [-0.05, 0) is 23.2 Å². The van der Waals surface area contributed by atoms with Gasteiger partial charge in [-0.2, -0.15) is 15.0 Å². The van der Waals surface area contributed by atoms with Crippen molar-refractivity contribution < 1.29 is 19.6 Å². The maximum absolute atomic E-state index is 11.7. The van der Waals surface area contributed by atoms with E-state index in [0.717, 1.165) is 5.56 Å². The van der Waals surface area contributed by atoms with Gasteiger partial charge in [0.1, 0.15) is 17.7 Å². The minimum absolute atomic E-state index is 0.0826. The number of aromatic nitrogens is 5. The molecule has 4 aromatic rings. The van der Waals surface area contributed by atoms with Crippen LogP contribution in [0.4, 0.5) is 5.95 Å². The molecule has 1 aromatic carbocycles. The largest absolute Gasteiger partial charge is 0.488 e. The number of imidazole rings is 1. The summed E-state index contributed by atoms with van der Waals surface area (Å²) in [6.45, 7) is 0.322. The van der Waals surface area contributed by atoms with E-state index in [1.165, 1.54) is 13.4 Å². The highest BCUT2D eigenvalue weighted by molar-refractivity contribution is 6.58. The second-order valence-corrected chi connectivity index (χ2v) is 6.57. The van der Waals surface area contributed by atoms with Crippen molar-refractivity contribution in [1.29, 1.82) is 0 Å². The molecule has 4 rings (SSSR count). The Balaban J connectivity index is 1.67. The molecule has 0 aliphatic carbocycles. The fourth-order valence-electron chi connectivity index (χ4n) is 3.07. The lowest BCUT2D eigenvalue weighted by atomic mass is 9.80. The van der Waals surface area contributed by atoms with Crippen LogP contribution < -0.4 is 21.3 Å². The number of nitrogens with zero attached hydrogens (tertiary/aromatic N) is 5. The van der Waals surface area contributed by atoms with Gasteiger partial charge in [0.25, 0.3) is 5.91 Å². The molecule has 0 saturated carbocycles. The number of nitrogens with two attached hydrogens (primary N) is 1. The van der Waals surface area contributed by atoms with Crippen LogP contribution in [0.15, 0.2) is 48.8 Å². The second kappa shape index (κ2) is 8.38. The maximum Gasteiger partial charge on any atom is 0.488 e. The Kier molecular flexibility index (Phi) is 5.47. The van der Waals surface area contributed by atoms with Gasteiger partial charge in [0, 0.05) is 6.54 Å². The number of hydrogen-bond acceptors (Lipinski definition) is 9. The quantitative estimate of drug-likeness (QED) is 0.292. The first-order valence-electron chi connectivity index (χ1n) is 9.21. The molecule has 0 spiro atoms. The van der Waals surface area contributed by atoms with Crippen LogP contribution in [-0.4, -0.2) is 54.5 Å². The molecule has 12 heteroatoms. The first kappa shape index (κ1) is 20.3. The Morgan fingerprint density at radius 1 is 1.19 bits per heavy atom. The summed E-state index contributed by atoms with van der Waals surface area (Å²) < 4.78 is 6.76. The molecule has 0 saturated heterocycles. The molecule has 0 aliphatic rings. The topological polar surface area (TPSA) is 161 Å². The van der Waals surface area contributed by atoms with Crippen molar-refractivity contribution in [2.24, 2.45) is 5.73 Å². The summed E-state index contributed by atoms with van der Waals surface area (Å²) in [5.41, 5.74) is 7.91. The van der Waals surface area contributed by atoms with E-state index in [4.69, 9.17) is 10.5 Å². The van der Waals surface area contributed by atoms with Crippen molar-refractivity contribution in [2.45, 2.75) is 6.54 Å². The highest BCUT2D eigenvalue weighted by Gasteiger charge is 2.17. The average molecular weight is 419 g/mol. The van der Waals surface area contributed by atoms with E-state index in [1.807, 2.05) is 6.07 Å². The molecule has 0 fully saturated rings. The van der Waals surface area contributed by atoms with Gasteiger partial charge in [0.15, 0.2) is 5.82 Å². The van der Waals surface area contributed by atoms with Gasteiger partial charge in [-0.25, -0.2) is 4.98 Å². The van der Waals surface area contributed by atoms with E-state index >= 15 is 0 Å². The zero-order valence-corrected chi connectivity index (χ0v) is 16.4. The third kappa shape index (κ3) is 4.15. The Morgan fingerprint density at radius 3 is 2.74 bits per heavy atom. The van der Waals surface area contributed by atoms with Crippen LogP contribution in [-0.2, 0) is 6.54 Å². The zero-order chi connectivity index (χ0) is 22.0. The van der Waals surface area contributed by atoms with Gasteiger partial charge >= 0.3 is 13.1 Å². The van der Waals surface area contributed by atoms with Crippen LogP contribution in [0.2, 0.25) is 0 Å². The molecule has 0 atom stereocenters. The Labute approximate surface area is 176 Å². The maximum atomic E-state index is 11.7. The predicted molar refractivity (Wildman–Crippen MR) is 113 cm³/mol. The number of pyridine rings is 1. The van der Waals surface area contributed by atoms with Crippen LogP contribution in [0.1, 0.15) is 16.1 Å². The lowest BCUT2D eigenvalue weighted by Gasteiger charge is -2.09. The van der Waals surface area contributed by atoms with Crippen molar-refractivity contribution >= 4 is 30.0 Å². The predicted octanol–water partition coefficient (Wildman–Crippen LogP) is -0.414. The molecule has 0 unspecified atom stereocenters. The lowest BCUT2D eigenvalue weighted by Crippen LogP contribution is -2.30. The van der Waals surface area contributed by atoms with Crippen molar-refractivity contribution in [3.63, 3.8) is 0 Å². The Morgan fingerprint density at radius 2 is 2.00 bits per heavy atom. The Bertz CT molecular complexity index is 1260. The number of amides is 1. The van der Waals surface area contributed by atoms with Crippen molar-refractivity contribution in [2.75, 3.05) is 12.4 Å². The minimum atomic E-state index is -1.55. The molecule has 0 radical (unpaired) electrons. The molecule has 11 nitrogen and oxygen atoms in total. The number of carbonyl (C=O) groups excluding carboxylic acids is 1. The number of primary amides is 1. The zero-order valence-electron chi connectivity index (χ0n) is 16.4. The molecule has 5 N–H and O–H groups in total. The molecule has 156 valence electrons. The van der Waals surface area contributed by atoms with E-state index in [1.54, 1.807) is 40.8 Å². The monoisotopic (exact) mass is 419 g/mol. The highest BCUT2D eigenvalue weighted by atomic mass is 16.5. The number of rotatable bonds is 7. The van der Waals surface area contributed by atoms with E-state index < -0.39 is 13.0 Å². The average Bonchev–Trinajstić information content (AvgIpc) is 3.21. The van der Waals surface area contributed by atoms with Gasteiger partial charge in [-0.15, -0.1) is 0 Å². The lowest BCUT2D eigenvalue weighted by molar-refractivity contribution is 0.0994. The summed E-state index contributed by atoms with van der Waals surface area (Å²) >= 11 is 0. The number of carbonyl (C=O) groups is 1. The number of anilines is 1. The van der Waals surface area contributed by atoms with E-state index in [9.17, 15) is 14.8 Å². The SMILES string of the molecule is COc1nc(NCc2cccc(B(O)O)c2)nc(-c2ncn3c(C(N)=O)cccc23)n1. The van der Waals surface area contributed by atoms with Crippen LogP contribution in [0.25, 0.3) is 17.0 Å². The van der Waals surface area contributed by atoms with E-state index in [-0.39, 0.29) is 23.5 Å².